The first-order valence-corrected chi connectivity index (χ1v) is 12.3. The maximum absolute atomic E-state index is 11.5. The number of carboxylic acid groups (broad SMARTS) is 1. The van der Waals surface area contributed by atoms with Crippen molar-refractivity contribution in [3.8, 4) is 17.2 Å². The monoisotopic (exact) mass is 552 g/mol. The van der Waals surface area contributed by atoms with Crippen LogP contribution in [-0.4, -0.2) is 62.9 Å². The molecule has 2 atom stereocenters. The predicted molar refractivity (Wildman–Crippen MR) is 140 cm³/mol. The molecular formula is C26H25ClN6O6. The van der Waals surface area contributed by atoms with E-state index in [1.807, 2.05) is 54.7 Å². The molecular weight excluding hydrogens is 528 g/mol. The summed E-state index contributed by atoms with van der Waals surface area (Å²) in [5.74, 6) is -0.347. The predicted octanol–water partition coefficient (Wildman–Crippen LogP) is 3.82. The summed E-state index contributed by atoms with van der Waals surface area (Å²) in [5, 5.41) is 25.4. The van der Waals surface area contributed by atoms with Gasteiger partial charge in [0.25, 0.3) is 0 Å². The van der Waals surface area contributed by atoms with Crippen LogP contribution in [0.15, 0.2) is 59.9 Å². The Hall–Kier alpha value is -4.42. The van der Waals surface area contributed by atoms with Gasteiger partial charge in [0.1, 0.15) is 19.3 Å². The number of oxime groups is 1. The second-order valence-electron chi connectivity index (χ2n) is 8.52. The third kappa shape index (κ3) is 5.03. The standard InChI is InChI=1S/C26H25ClN6O6/c1-36-21-8-4-6-16(24(21)37-2)23-17-14-15(27)9-10-18(17)32-12-5-7-19(32)20(39-23)11-13-33-29-25(28-31-33)22(26(34)35)30-38-3/h4-10,12,14,20,23H,11,13H2,1-3H3,(H,34,35)/b30-22-/t20-,23-/m1/s1. The zero-order valence-electron chi connectivity index (χ0n) is 21.3. The van der Waals surface area contributed by atoms with Crippen molar-refractivity contribution in [1.82, 2.24) is 24.8 Å². The topological polar surface area (TPSA) is 135 Å². The van der Waals surface area contributed by atoms with Crippen LogP contribution < -0.4 is 9.47 Å². The molecule has 0 saturated heterocycles. The van der Waals surface area contributed by atoms with Crippen LogP contribution in [0.5, 0.6) is 11.5 Å². The Bertz CT molecular complexity index is 1530. The number of tetrazole rings is 1. The van der Waals surface area contributed by atoms with E-state index in [1.54, 1.807) is 14.2 Å². The summed E-state index contributed by atoms with van der Waals surface area (Å²) in [4.78, 5) is 17.4. The molecule has 13 heteroatoms. The van der Waals surface area contributed by atoms with E-state index in [9.17, 15) is 9.90 Å². The molecule has 2 aromatic heterocycles. The van der Waals surface area contributed by atoms with Gasteiger partial charge in [-0.1, -0.05) is 28.9 Å². The molecule has 0 unspecified atom stereocenters. The van der Waals surface area contributed by atoms with Crippen molar-refractivity contribution >= 4 is 23.3 Å². The summed E-state index contributed by atoms with van der Waals surface area (Å²) in [7, 11) is 4.41. The number of carboxylic acids is 1. The lowest BCUT2D eigenvalue weighted by atomic mass is 9.98. The van der Waals surface area contributed by atoms with Gasteiger partial charge in [-0.2, -0.15) is 4.80 Å². The van der Waals surface area contributed by atoms with Crippen LogP contribution in [0.1, 0.15) is 41.3 Å². The number of ether oxygens (including phenoxy) is 3. The van der Waals surface area contributed by atoms with Crippen LogP contribution in [0.2, 0.25) is 5.02 Å². The summed E-state index contributed by atoms with van der Waals surface area (Å²) >= 11 is 6.46. The minimum Gasteiger partial charge on any atom is -0.493 e. The number of carbonyl (C=O) groups is 1. The molecule has 1 N–H and O–H groups in total. The number of halogens is 1. The quantitative estimate of drug-likeness (QED) is 0.243. The number of rotatable bonds is 9. The van der Waals surface area contributed by atoms with Gasteiger partial charge in [0.2, 0.25) is 11.5 Å². The molecule has 0 amide bonds. The summed E-state index contributed by atoms with van der Waals surface area (Å²) in [6.45, 7) is 0.280. The molecule has 0 radical (unpaired) electrons. The van der Waals surface area contributed by atoms with Gasteiger partial charge in [-0.15, -0.1) is 10.2 Å². The molecule has 0 saturated carbocycles. The fraction of sp³-hybridized carbons (Fsp3) is 0.269. The average Bonchev–Trinajstić information content (AvgIpc) is 3.59. The molecule has 39 heavy (non-hydrogen) atoms. The number of para-hydroxylation sites is 1. The number of methoxy groups -OCH3 is 2. The zero-order chi connectivity index (χ0) is 27.5. The average molecular weight is 553 g/mol. The van der Waals surface area contributed by atoms with E-state index in [2.05, 4.69) is 30.0 Å². The Kier molecular flexibility index (Phi) is 7.48. The lowest BCUT2D eigenvalue weighted by Gasteiger charge is -2.25. The molecule has 12 nitrogen and oxygen atoms in total. The van der Waals surface area contributed by atoms with Gasteiger partial charge < -0.3 is 28.7 Å². The normalized spacial score (nSPS) is 16.7. The van der Waals surface area contributed by atoms with E-state index in [4.69, 9.17) is 25.8 Å². The van der Waals surface area contributed by atoms with Gasteiger partial charge in [0.05, 0.1) is 32.1 Å². The Morgan fingerprint density at radius 3 is 2.72 bits per heavy atom. The van der Waals surface area contributed by atoms with Crippen molar-refractivity contribution in [3.05, 3.63) is 82.4 Å². The summed E-state index contributed by atoms with van der Waals surface area (Å²) in [6, 6.07) is 15.3. The number of fused-ring (bicyclic) bond motifs is 3. The third-order valence-electron chi connectivity index (χ3n) is 6.30. The van der Waals surface area contributed by atoms with E-state index in [-0.39, 0.29) is 12.4 Å². The number of aromatic nitrogens is 5. The van der Waals surface area contributed by atoms with Crippen LogP contribution in [0, 0.1) is 0 Å². The van der Waals surface area contributed by atoms with Gasteiger partial charge in [0, 0.05) is 28.8 Å². The minimum atomic E-state index is -1.33. The summed E-state index contributed by atoms with van der Waals surface area (Å²) in [6.07, 6.45) is 1.43. The van der Waals surface area contributed by atoms with Gasteiger partial charge in [-0.05, 0) is 41.6 Å². The highest BCUT2D eigenvalue weighted by molar-refractivity contribution is 6.41. The molecule has 0 fully saturated rings. The Morgan fingerprint density at radius 2 is 1.97 bits per heavy atom. The molecule has 5 rings (SSSR count). The van der Waals surface area contributed by atoms with Crippen molar-refractivity contribution in [1.29, 1.82) is 0 Å². The molecule has 0 bridgehead atoms. The number of hydrogen-bond donors (Lipinski definition) is 1. The van der Waals surface area contributed by atoms with Crippen molar-refractivity contribution in [2.75, 3.05) is 21.3 Å². The molecule has 2 aromatic carbocycles. The minimum absolute atomic E-state index is 0.157. The fourth-order valence-corrected chi connectivity index (χ4v) is 4.83. The van der Waals surface area contributed by atoms with Gasteiger partial charge in [-0.25, -0.2) is 4.79 Å². The maximum atomic E-state index is 11.5. The smallest absolute Gasteiger partial charge is 0.362 e. The first kappa shape index (κ1) is 26.2. The Labute approximate surface area is 228 Å². The van der Waals surface area contributed by atoms with E-state index in [0.29, 0.717) is 22.9 Å². The summed E-state index contributed by atoms with van der Waals surface area (Å²) in [5.41, 5.74) is 3.02. The van der Waals surface area contributed by atoms with E-state index in [0.717, 1.165) is 22.5 Å². The van der Waals surface area contributed by atoms with Crippen molar-refractivity contribution < 1.29 is 28.9 Å². The number of benzene rings is 2. The molecule has 3 heterocycles. The highest BCUT2D eigenvalue weighted by Crippen LogP contribution is 2.46. The number of aliphatic carboxylic acids is 1. The molecule has 0 aliphatic carbocycles. The van der Waals surface area contributed by atoms with Gasteiger partial charge >= 0.3 is 5.97 Å². The van der Waals surface area contributed by atoms with Crippen molar-refractivity contribution in [2.24, 2.45) is 5.16 Å². The molecule has 0 spiro atoms. The number of nitrogens with zero attached hydrogens (tertiary/aromatic N) is 6. The SMILES string of the molecule is CO/N=C(\C(=O)O)c1nnn(CC[C@H]2O[C@H](c3cccc(OC)c3OC)c3cc(Cl)ccc3-n3cccc32)n1. The Balaban J connectivity index is 1.53. The van der Waals surface area contributed by atoms with Crippen LogP contribution in [0.25, 0.3) is 5.69 Å². The van der Waals surface area contributed by atoms with Crippen molar-refractivity contribution in [3.63, 3.8) is 0 Å². The first-order chi connectivity index (χ1) is 18.9. The third-order valence-corrected chi connectivity index (χ3v) is 6.53. The largest absolute Gasteiger partial charge is 0.493 e. The lowest BCUT2D eigenvalue weighted by molar-refractivity contribution is -0.129. The second-order valence-corrected chi connectivity index (χ2v) is 8.96. The highest BCUT2D eigenvalue weighted by atomic mass is 35.5. The maximum Gasteiger partial charge on any atom is 0.362 e. The first-order valence-electron chi connectivity index (χ1n) is 11.9. The molecule has 1 aliphatic rings. The molecule has 202 valence electrons. The van der Waals surface area contributed by atoms with Crippen LogP contribution in [-0.2, 0) is 20.9 Å². The van der Waals surface area contributed by atoms with Crippen LogP contribution in [0.4, 0.5) is 0 Å². The van der Waals surface area contributed by atoms with Crippen molar-refractivity contribution in [2.45, 2.75) is 25.2 Å². The van der Waals surface area contributed by atoms with Gasteiger partial charge in [0.15, 0.2) is 11.5 Å². The second kappa shape index (κ2) is 11.1. The molecule has 1 aliphatic heterocycles. The lowest BCUT2D eigenvalue weighted by Crippen LogP contribution is -2.17. The van der Waals surface area contributed by atoms with Gasteiger partial charge in [-0.3, -0.25) is 0 Å². The van der Waals surface area contributed by atoms with E-state index in [1.165, 1.54) is 11.9 Å². The number of aryl methyl sites for hydroxylation is 1. The zero-order valence-corrected chi connectivity index (χ0v) is 22.1. The van der Waals surface area contributed by atoms with E-state index < -0.39 is 23.9 Å². The fourth-order valence-electron chi connectivity index (χ4n) is 4.65. The molecule has 4 aromatic rings. The van der Waals surface area contributed by atoms with E-state index >= 15 is 0 Å². The number of hydrogen-bond acceptors (Lipinski definition) is 9. The Morgan fingerprint density at radius 1 is 1.13 bits per heavy atom. The summed E-state index contributed by atoms with van der Waals surface area (Å²) < 4.78 is 20.2. The van der Waals surface area contributed by atoms with Crippen LogP contribution >= 0.6 is 11.6 Å². The van der Waals surface area contributed by atoms with Crippen LogP contribution in [0.3, 0.4) is 0 Å². The highest BCUT2D eigenvalue weighted by Gasteiger charge is 2.33.